The Balaban J connectivity index is 0.000000149. The van der Waals surface area contributed by atoms with E-state index in [1.54, 1.807) is 82.2 Å². The lowest BCUT2D eigenvalue weighted by atomic mass is 10.2. The van der Waals surface area contributed by atoms with Crippen LogP contribution in [0, 0.1) is 34.8 Å². The third kappa shape index (κ3) is 19.2. The number of aliphatic hydroxyl groups excluding tert-OH is 1. The van der Waals surface area contributed by atoms with Crippen molar-refractivity contribution in [3.8, 4) is 5.69 Å². The van der Waals surface area contributed by atoms with Gasteiger partial charge in [-0.15, -0.1) is 11.6 Å². The minimum atomic E-state index is -1.64. The molecule has 13 N–H and O–H groups in total. The Morgan fingerprint density at radius 3 is 1.61 bits per heavy atom. The van der Waals surface area contributed by atoms with E-state index < -0.39 is 33.2 Å². The molecule has 1 aliphatic carbocycles. The van der Waals surface area contributed by atoms with E-state index in [0.717, 1.165) is 91.5 Å². The molecule has 0 bridgehead atoms. The fourth-order valence-electron chi connectivity index (χ4n) is 10.7. The van der Waals surface area contributed by atoms with E-state index in [1.165, 1.54) is 98.6 Å². The normalized spacial score (nSPS) is 14.0. The Kier molecular flexibility index (Phi) is 27.6. The van der Waals surface area contributed by atoms with Gasteiger partial charge in [0.25, 0.3) is 11.6 Å². The van der Waals surface area contributed by atoms with Crippen molar-refractivity contribution >= 4 is 172 Å². The predicted molar refractivity (Wildman–Crippen MR) is 423 cm³/mol. The number of aromatic nitrogens is 15. The summed E-state index contributed by atoms with van der Waals surface area (Å²) in [7, 11) is 0. The smallest absolute Gasteiger partial charge is 0.314 e. The van der Waals surface area contributed by atoms with Crippen molar-refractivity contribution in [2.75, 3.05) is 79.6 Å². The van der Waals surface area contributed by atoms with Gasteiger partial charge in [0.15, 0.2) is 34.6 Å². The molecular weight excluding hydrogens is 1520 g/mol. The minimum Gasteiger partial charge on any atom is -0.392 e. The van der Waals surface area contributed by atoms with Crippen LogP contribution in [0.1, 0.15) is 71.3 Å². The van der Waals surface area contributed by atoms with Crippen molar-refractivity contribution in [3.05, 3.63) is 185 Å². The Hall–Kier alpha value is -10.5. The summed E-state index contributed by atoms with van der Waals surface area (Å²) in [6.07, 6.45) is 26.7. The first-order chi connectivity index (χ1) is 50.9. The topological polar surface area (TPSA) is 444 Å². The van der Waals surface area contributed by atoms with Crippen LogP contribution in [0.2, 0.25) is 0 Å². The molecule has 10 aromatic rings. The summed E-state index contributed by atoms with van der Waals surface area (Å²) in [4.78, 5) is 96.3. The maximum absolute atomic E-state index is 14.0. The predicted octanol–water partition coefficient (Wildman–Crippen LogP) is 12.5. The molecule has 0 saturated heterocycles. The molecule has 560 valence electrons. The molecule has 0 unspecified atom stereocenters. The van der Waals surface area contributed by atoms with Crippen molar-refractivity contribution in [1.29, 1.82) is 0 Å². The average molecular weight is 1590 g/mol. The molecule has 31 nitrogen and oxygen atoms in total. The summed E-state index contributed by atoms with van der Waals surface area (Å²) < 4.78 is 44.4. The van der Waals surface area contributed by atoms with Crippen molar-refractivity contribution in [2.45, 2.75) is 105 Å². The van der Waals surface area contributed by atoms with E-state index in [1.807, 2.05) is 28.0 Å². The Morgan fingerprint density at radius 1 is 0.598 bits per heavy atom. The average Bonchev–Trinajstić information content (AvgIpc) is 1.68. The molecule has 1 fully saturated rings. The molecule has 0 atom stereocenters. The number of anilines is 11. The van der Waals surface area contributed by atoms with Crippen LogP contribution < -0.4 is 63.7 Å². The third-order valence-corrected chi connectivity index (χ3v) is 21.3. The van der Waals surface area contributed by atoms with Gasteiger partial charge in [-0.1, -0.05) is 167 Å². The van der Waals surface area contributed by atoms with Gasteiger partial charge < -0.3 is 54.2 Å². The molecule has 15 rings (SSSR count). The number of pyridine rings is 1. The number of nitrogens with two attached hydrogens (primary N) is 6. The van der Waals surface area contributed by atoms with Gasteiger partial charge in [0, 0.05) is 79.7 Å². The standard InChI is InChI=1S/C12H9N5O2S.C11H6F3N5OS.C11H16N4OS.C11H14N4S.C10H11ClN4S.C10H12N4OS.CH4/c1-7-16(8-2-4-9(5-3-8)17(18)19)11-10(20-7)6-14-12(13)15-11;1-3-6(5(12)8(14)17-7(3)13)19-9-4(21-11(19)20)2-16-10(15)18-9;1-2-3-4-5-6-15-9-8(17-11(15)16)7-13-10(12)14-9;1-7-15(8-4-2-3-5-8)10-9(16-7)6-13-11(12)14-10;1-7-15(5-3-2-4-11)9-8(16-7)6-13-10(12)14-9;1-7-14(4-2-3-5-15)9-8(16-7)6-12-10(11)13-9;/h2-6H,1H2,(H2,13,14,15);2H,1H3,(H2,15,16,18);7H,2-6H2,1H3,(H2,12,13,14);6,8H,1-5H2,(H2,12,13,14);2-3,6H,1,4-5H2,(H2,12,13,14);2-3,6,15H,1,4-5H2,(H2,11,12,13);1H4/b;;;;2*3-2+;. The number of aliphatic hydroxyl groups is 1. The van der Waals surface area contributed by atoms with Crippen molar-refractivity contribution < 1.29 is 23.2 Å². The van der Waals surface area contributed by atoms with Crippen molar-refractivity contribution in [3.63, 3.8) is 0 Å². The molecule has 0 radical (unpaired) electrons. The number of benzene rings is 1. The van der Waals surface area contributed by atoms with Gasteiger partial charge in [-0.3, -0.25) is 29.2 Å². The van der Waals surface area contributed by atoms with Gasteiger partial charge in [0.2, 0.25) is 47.5 Å². The van der Waals surface area contributed by atoms with E-state index in [4.69, 9.17) is 51.1 Å². The van der Waals surface area contributed by atoms with E-state index in [2.05, 4.69) is 103 Å². The van der Waals surface area contributed by atoms with Gasteiger partial charge >= 0.3 is 9.75 Å². The number of hydrogen-bond donors (Lipinski definition) is 7. The molecular formula is C66H72ClF3N26O5S6. The van der Waals surface area contributed by atoms with Crippen molar-refractivity contribution in [2.24, 2.45) is 0 Å². The van der Waals surface area contributed by atoms with Gasteiger partial charge in [-0.2, -0.15) is 48.1 Å². The fraction of sp³-hybridized carbons (Fsp3) is 0.258. The van der Waals surface area contributed by atoms with E-state index in [0.29, 0.717) is 58.5 Å². The molecule has 1 saturated carbocycles. The van der Waals surface area contributed by atoms with Crippen LogP contribution in [0.25, 0.3) is 26.4 Å². The lowest BCUT2D eigenvalue weighted by molar-refractivity contribution is -0.384. The number of halogens is 4. The van der Waals surface area contributed by atoms with Gasteiger partial charge in [0.05, 0.1) is 78.7 Å². The SMILES string of the molecule is C.C=C1Sc2cnc(N)nc2N1C/C=C/CCl.C=C1Sc2cnc(N)nc2N1C/C=C/CO.C=C1Sc2cnc(N)nc2N1C1CCCC1.C=C1Sc2cnc(N)nc2N1c1ccc([N+](=O)[O-])cc1.CCCCCCn1c(=O)sc2cnc(N)nc21.Cc1c(F)nc(F)c(F)c1-n1c(=O)sc2cnc(N)nc21. The zero-order valence-corrected chi connectivity index (χ0v) is 62.3. The number of thiazole rings is 2. The highest BCUT2D eigenvalue weighted by molar-refractivity contribution is 8.04. The number of nitrogens with zero attached hydrogens (tertiary/aromatic N) is 20. The number of fused-ring (bicyclic) bond motifs is 6. The second kappa shape index (κ2) is 36.7. The molecule has 4 aliphatic heterocycles. The molecule has 41 heteroatoms. The second-order valence-corrected chi connectivity index (χ2v) is 29.4. The van der Waals surface area contributed by atoms with Gasteiger partial charge in [-0.05, 0) is 38.3 Å². The van der Waals surface area contributed by atoms with Gasteiger partial charge in [-0.25, -0.2) is 34.5 Å². The van der Waals surface area contributed by atoms with E-state index >= 15 is 0 Å². The number of nitro groups is 1. The minimum absolute atomic E-state index is 0. The highest BCUT2D eigenvalue weighted by atomic mass is 35.5. The van der Waals surface area contributed by atoms with Crippen LogP contribution in [0.3, 0.4) is 0 Å². The van der Waals surface area contributed by atoms with Crippen LogP contribution in [0.5, 0.6) is 0 Å². The second-order valence-electron chi connectivity index (χ2n) is 22.7. The number of non-ortho nitro benzene ring substituents is 1. The molecule has 9 aromatic heterocycles. The van der Waals surface area contributed by atoms with Crippen LogP contribution in [0.15, 0.2) is 161 Å². The highest BCUT2D eigenvalue weighted by Crippen LogP contribution is 2.50. The maximum atomic E-state index is 14.0. The molecule has 13 heterocycles. The zero-order valence-electron chi connectivity index (χ0n) is 56.6. The lowest BCUT2D eigenvalue weighted by Crippen LogP contribution is -2.29. The highest BCUT2D eigenvalue weighted by Gasteiger charge is 2.34. The summed E-state index contributed by atoms with van der Waals surface area (Å²) in [5, 5.41) is 23.0. The van der Waals surface area contributed by atoms with Crippen LogP contribution >= 0.6 is 81.3 Å². The largest absolute Gasteiger partial charge is 0.392 e. The number of thioether (sulfide) groups is 4. The monoisotopic (exact) mass is 1590 g/mol. The number of unbranched alkanes of at least 4 members (excludes halogenated alkanes) is 3. The molecule has 107 heavy (non-hydrogen) atoms. The van der Waals surface area contributed by atoms with Crippen LogP contribution in [0.4, 0.5) is 83.5 Å². The number of nitro benzene ring substituents is 1. The summed E-state index contributed by atoms with van der Waals surface area (Å²) in [5.74, 6) is 0.536. The summed E-state index contributed by atoms with van der Waals surface area (Å²) in [5.41, 5.74) is 33.9. The maximum Gasteiger partial charge on any atom is 0.314 e. The number of alkyl halides is 1. The quantitative estimate of drug-likeness (QED) is 0.0125. The van der Waals surface area contributed by atoms with Crippen LogP contribution in [-0.4, -0.2) is 116 Å². The molecule has 0 amide bonds. The van der Waals surface area contributed by atoms with Crippen LogP contribution in [-0.2, 0) is 6.54 Å². The fourth-order valence-corrected chi connectivity index (χ4v) is 16.0. The molecule has 1 aromatic carbocycles. The first-order valence-corrected chi connectivity index (χ1v) is 37.4. The lowest BCUT2D eigenvalue weighted by Gasteiger charge is -2.25. The summed E-state index contributed by atoms with van der Waals surface area (Å²) in [6, 6.07) is 6.73. The number of aryl methyl sites for hydroxylation is 1. The zero-order chi connectivity index (χ0) is 76.0. The number of hydrogen-bond acceptors (Lipinski definition) is 34. The number of nitrogen functional groups attached to an aromatic ring is 6. The van der Waals surface area contributed by atoms with E-state index in [9.17, 15) is 32.9 Å². The molecule has 0 spiro atoms. The van der Waals surface area contributed by atoms with Crippen molar-refractivity contribution in [1.82, 2.24) is 73.9 Å². The Bertz CT molecular complexity index is 5050. The Labute approximate surface area is 640 Å². The van der Waals surface area contributed by atoms with E-state index in [-0.39, 0.29) is 65.5 Å². The number of rotatable bonds is 15. The first kappa shape index (κ1) is 80.6. The number of allylic oxidation sites excluding steroid dienone is 1. The van der Waals surface area contributed by atoms with Gasteiger partial charge in [0.1, 0.15) is 0 Å². The first-order valence-electron chi connectivity index (χ1n) is 32.0. The Morgan fingerprint density at radius 2 is 1.07 bits per heavy atom. The third-order valence-electron chi connectivity index (χ3n) is 15.6. The summed E-state index contributed by atoms with van der Waals surface area (Å²) >= 11 is 13.6. The molecule has 5 aliphatic rings. The summed E-state index contributed by atoms with van der Waals surface area (Å²) in [6.45, 7) is 21.4.